The van der Waals surface area contributed by atoms with Crippen LogP contribution in [0.2, 0.25) is 5.02 Å². The van der Waals surface area contributed by atoms with E-state index in [9.17, 15) is 32.7 Å². The number of β-amino-alcohol motifs (C(OH)–C–C–N with tert-alkyl or cyclic N) is 1. The molecule has 2 amide bonds. The number of amides is 2. The fourth-order valence-electron chi connectivity index (χ4n) is 3.51. The number of anilines is 1. The fraction of sp³-hybridized carbons (Fsp3) is 0.375. The summed E-state index contributed by atoms with van der Waals surface area (Å²) in [6.07, 6.45) is -3.05. The van der Waals surface area contributed by atoms with Gasteiger partial charge in [-0.2, -0.15) is 13.2 Å². The van der Waals surface area contributed by atoms with E-state index < -0.39 is 54.6 Å². The molecule has 1 aliphatic heterocycles. The van der Waals surface area contributed by atoms with E-state index in [-0.39, 0.29) is 29.3 Å². The Balaban J connectivity index is 1.66. The number of nitrogens with zero attached hydrogens (tertiary/aromatic N) is 2. The summed E-state index contributed by atoms with van der Waals surface area (Å²) in [7, 11) is 0. The van der Waals surface area contributed by atoms with Crippen LogP contribution in [0.15, 0.2) is 41.7 Å². The highest BCUT2D eigenvalue weighted by atomic mass is 35.5. The van der Waals surface area contributed by atoms with Crippen LogP contribution in [0, 0.1) is 0 Å². The maximum atomic E-state index is 13.3. The number of aliphatic hydroxyl groups excluding tert-OH is 1. The van der Waals surface area contributed by atoms with E-state index in [2.05, 4.69) is 31.2 Å². The number of aromatic nitrogens is 1. The Labute approximate surface area is 226 Å². The number of hydrogen-bond donors (Lipinski definition) is 5. The largest absolute Gasteiger partial charge is 0.466 e. The van der Waals surface area contributed by atoms with Gasteiger partial charge in [0.2, 0.25) is 5.91 Å². The molecule has 210 valence electrons. The highest BCUT2D eigenvalue weighted by Crippen LogP contribution is 2.34. The Morgan fingerprint density at radius 3 is 2.67 bits per heavy atom. The predicted molar refractivity (Wildman–Crippen MR) is 135 cm³/mol. The van der Waals surface area contributed by atoms with Gasteiger partial charge in [0.1, 0.15) is 0 Å². The van der Waals surface area contributed by atoms with E-state index in [1.54, 1.807) is 6.92 Å². The molecule has 0 aliphatic carbocycles. The summed E-state index contributed by atoms with van der Waals surface area (Å²) in [5, 5.41) is 19.9. The minimum Gasteiger partial charge on any atom is -0.466 e. The van der Waals surface area contributed by atoms with Gasteiger partial charge < -0.3 is 31.1 Å². The standard InChI is InChI=1S/C24H26ClF3N6O5/c1-2-39-21(37)7-19(13-3-15(24(26,27)28)6-16(25)4-13)34-20(36)12-30-22(38)14-5-17(9-29-8-14)33-23-31-10-18(35)11-32-23/h3-6,8-9,18-19,35H,2,7,10-12H2,1H3,(H,30,38)(H,34,36)(H2,31,32,33). The van der Waals surface area contributed by atoms with Crippen LogP contribution >= 0.6 is 11.6 Å². The molecule has 1 aliphatic rings. The number of pyridine rings is 1. The number of benzene rings is 1. The van der Waals surface area contributed by atoms with Crippen molar-refractivity contribution in [3.8, 4) is 0 Å². The average Bonchev–Trinajstić information content (AvgIpc) is 2.87. The molecule has 0 spiro atoms. The monoisotopic (exact) mass is 570 g/mol. The van der Waals surface area contributed by atoms with Crippen molar-refractivity contribution in [3.05, 3.63) is 58.4 Å². The summed E-state index contributed by atoms with van der Waals surface area (Å²) in [6.45, 7) is 1.56. The molecule has 0 saturated carbocycles. The smallest absolute Gasteiger partial charge is 0.416 e. The number of esters is 1. The Morgan fingerprint density at radius 1 is 1.23 bits per heavy atom. The van der Waals surface area contributed by atoms with Crippen molar-refractivity contribution in [2.45, 2.75) is 31.7 Å². The molecular weight excluding hydrogens is 545 g/mol. The zero-order valence-corrected chi connectivity index (χ0v) is 21.4. The van der Waals surface area contributed by atoms with Crippen molar-refractivity contribution in [2.24, 2.45) is 4.99 Å². The van der Waals surface area contributed by atoms with Crippen molar-refractivity contribution < 1.29 is 37.4 Å². The summed E-state index contributed by atoms with van der Waals surface area (Å²) in [5.74, 6) is -1.78. The maximum absolute atomic E-state index is 13.3. The Hall–Kier alpha value is -3.91. The van der Waals surface area contributed by atoms with Crippen molar-refractivity contribution in [2.75, 3.05) is 31.6 Å². The van der Waals surface area contributed by atoms with Crippen LogP contribution in [0.25, 0.3) is 0 Å². The number of hydrogen-bond acceptors (Lipinski definition) is 9. The quantitative estimate of drug-likeness (QED) is 0.287. The first-order chi connectivity index (χ1) is 18.4. The maximum Gasteiger partial charge on any atom is 0.416 e. The van der Waals surface area contributed by atoms with Crippen molar-refractivity contribution in [1.29, 1.82) is 0 Å². The Bertz CT molecular complexity index is 1240. The van der Waals surface area contributed by atoms with Crippen LogP contribution in [0.1, 0.15) is 40.9 Å². The molecule has 2 heterocycles. The van der Waals surface area contributed by atoms with Crippen LogP contribution in [-0.4, -0.2) is 66.2 Å². The molecule has 39 heavy (non-hydrogen) atoms. The minimum atomic E-state index is -4.70. The molecule has 2 aromatic rings. The van der Waals surface area contributed by atoms with Gasteiger partial charge in [-0.15, -0.1) is 0 Å². The van der Waals surface area contributed by atoms with Crippen LogP contribution in [-0.2, 0) is 20.5 Å². The summed E-state index contributed by atoms with van der Waals surface area (Å²) in [5.41, 5.74) is -0.576. The van der Waals surface area contributed by atoms with E-state index in [4.69, 9.17) is 16.3 Å². The number of aliphatic imine (C=N–C) groups is 1. The lowest BCUT2D eigenvalue weighted by Gasteiger charge is -2.20. The first-order valence-electron chi connectivity index (χ1n) is 11.7. The highest BCUT2D eigenvalue weighted by molar-refractivity contribution is 6.30. The second-order valence-corrected chi connectivity index (χ2v) is 8.83. The van der Waals surface area contributed by atoms with Crippen LogP contribution in [0.4, 0.5) is 18.9 Å². The van der Waals surface area contributed by atoms with Crippen LogP contribution < -0.4 is 21.3 Å². The third kappa shape index (κ3) is 9.11. The lowest BCUT2D eigenvalue weighted by molar-refractivity contribution is -0.143. The number of nitrogens with one attached hydrogen (secondary N) is 4. The van der Waals surface area contributed by atoms with Gasteiger partial charge in [-0.3, -0.25) is 24.4 Å². The summed E-state index contributed by atoms with van der Waals surface area (Å²) < 4.78 is 44.7. The van der Waals surface area contributed by atoms with Crippen LogP contribution in [0.3, 0.4) is 0 Å². The normalized spacial score (nSPS) is 15.8. The van der Waals surface area contributed by atoms with Crippen molar-refractivity contribution in [3.63, 3.8) is 0 Å². The average molecular weight is 571 g/mol. The van der Waals surface area contributed by atoms with E-state index >= 15 is 0 Å². The van der Waals surface area contributed by atoms with Gasteiger partial charge in [0.05, 0.1) is 61.3 Å². The molecule has 2 atom stereocenters. The number of carbonyl (C=O) groups is 3. The third-order valence-electron chi connectivity index (χ3n) is 5.30. The number of rotatable bonds is 9. The Kier molecular flexibility index (Phi) is 10.1. The number of alkyl halides is 3. The van der Waals surface area contributed by atoms with Gasteiger partial charge in [0.25, 0.3) is 5.91 Å². The molecule has 11 nitrogen and oxygen atoms in total. The number of carbonyl (C=O) groups excluding carboxylic acids is 3. The molecule has 0 saturated heterocycles. The van der Waals surface area contributed by atoms with Gasteiger partial charge in [0, 0.05) is 17.8 Å². The highest BCUT2D eigenvalue weighted by Gasteiger charge is 2.32. The van der Waals surface area contributed by atoms with Gasteiger partial charge in [-0.1, -0.05) is 11.6 Å². The number of guanidine groups is 1. The van der Waals surface area contributed by atoms with Gasteiger partial charge in [0.15, 0.2) is 5.96 Å². The van der Waals surface area contributed by atoms with Gasteiger partial charge >= 0.3 is 12.1 Å². The summed E-state index contributed by atoms with van der Waals surface area (Å²) >= 11 is 5.87. The molecule has 1 aromatic heterocycles. The zero-order valence-electron chi connectivity index (χ0n) is 20.6. The van der Waals surface area contributed by atoms with Gasteiger partial charge in [-0.05, 0) is 36.8 Å². The number of ether oxygens (including phenoxy) is 1. The number of aliphatic hydroxyl groups is 1. The fourth-order valence-corrected chi connectivity index (χ4v) is 3.75. The minimum absolute atomic E-state index is 0.0340. The lowest BCUT2D eigenvalue weighted by Crippen LogP contribution is -2.42. The summed E-state index contributed by atoms with van der Waals surface area (Å²) in [6, 6.07) is 2.97. The topological polar surface area (TPSA) is 154 Å². The first-order valence-corrected chi connectivity index (χ1v) is 12.1. The first kappa shape index (κ1) is 29.6. The molecule has 1 aromatic carbocycles. The predicted octanol–water partition coefficient (Wildman–Crippen LogP) is 2.03. The number of halogens is 4. The third-order valence-corrected chi connectivity index (χ3v) is 5.52. The second-order valence-electron chi connectivity index (χ2n) is 8.39. The summed E-state index contributed by atoms with van der Waals surface area (Å²) in [4.78, 5) is 45.4. The van der Waals surface area contributed by atoms with Crippen LogP contribution in [0.5, 0.6) is 0 Å². The van der Waals surface area contributed by atoms with E-state index in [0.29, 0.717) is 18.2 Å². The zero-order chi connectivity index (χ0) is 28.6. The Morgan fingerprint density at radius 2 is 2.00 bits per heavy atom. The molecule has 15 heteroatoms. The SMILES string of the molecule is CCOC(=O)CC(NC(=O)CNC(=O)c1cncc(NC2=NCC(O)CN2)c1)c1cc(Cl)cc(C(F)(F)F)c1. The van der Waals surface area contributed by atoms with Crippen molar-refractivity contribution in [1.82, 2.24) is 20.9 Å². The van der Waals surface area contributed by atoms with E-state index in [0.717, 1.165) is 12.1 Å². The second kappa shape index (κ2) is 13.2. The van der Waals surface area contributed by atoms with E-state index in [1.807, 2.05) is 0 Å². The van der Waals surface area contributed by atoms with E-state index in [1.165, 1.54) is 24.5 Å². The van der Waals surface area contributed by atoms with Gasteiger partial charge in [-0.25, -0.2) is 0 Å². The molecule has 0 radical (unpaired) electrons. The molecule has 0 bridgehead atoms. The molecule has 2 unspecified atom stereocenters. The molecule has 5 N–H and O–H groups in total. The molecule has 0 fully saturated rings. The lowest BCUT2D eigenvalue weighted by atomic mass is 10.0. The van der Waals surface area contributed by atoms with Crippen molar-refractivity contribution >= 4 is 41.0 Å². The molecular formula is C24H26ClF3N6O5. The molecule has 3 rings (SSSR count).